The van der Waals surface area contributed by atoms with Crippen LogP contribution in [0.4, 0.5) is 4.79 Å². The molecule has 0 saturated carbocycles. The van der Waals surface area contributed by atoms with Gasteiger partial charge in [0.1, 0.15) is 0 Å². The summed E-state index contributed by atoms with van der Waals surface area (Å²) in [6.07, 6.45) is 1.45. The zero-order chi connectivity index (χ0) is 16.3. The summed E-state index contributed by atoms with van der Waals surface area (Å²) in [6, 6.07) is -0.698. The molecule has 0 saturated heterocycles. The lowest BCUT2D eigenvalue weighted by atomic mass is 10.4. The van der Waals surface area contributed by atoms with Crippen molar-refractivity contribution in [3.63, 3.8) is 0 Å². The minimum absolute atomic E-state index is 0.202. The van der Waals surface area contributed by atoms with Crippen molar-refractivity contribution in [3.8, 4) is 0 Å². The fraction of sp³-hybridized carbons (Fsp3) is 0.500. The molecule has 0 fully saturated rings. The van der Waals surface area contributed by atoms with Crippen molar-refractivity contribution in [2.24, 2.45) is 0 Å². The number of carbonyl (C=O) groups excluding carboxylic acids is 4. The smallest absolute Gasteiger partial charge is 0.321 e. The lowest BCUT2D eigenvalue weighted by Crippen LogP contribution is -2.47. The molecule has 21 heavy (non-hydrogen) atoms. The Kier molecular flexibility index (Phi) is 9.18. The zero-order valence-corrected chi connectivity index (χ0v) is 12.0. The summed E-state index contributed by atoms with van der Waals surface area (Å²) in [7, 11) is 2.36. The molecule has 0 aliphatic heterocycles. The second-order valence-electron chi connectivity index (χ2n) is 3.84. The molecule has 0 aromatic carbocycles. The quantitative estimate of drug-likeness (QED) is 0.420. The Morgan fingerprint density at radius 2 is 1.57 bits per heavy atom. The molecule has 0 atom stereocenters. The third kappa shape index (κ3) is 9.16. The van der Waals surface area contributed by atoms with E-state index in [-0.39, 0.29) is 26.2 Å². The highest BCUT2D eigenvalue weighted by molar-refractivity contribution is 5.95. The number of imide groups is 1. The number of methoxy groups -OCH3 is 2. The van der Waals surface area contributed by atoms with E-state index in [4.69, 9.17) is 0 Å². The van der Waals surface area contributed by atoms with E-state index in [1.165, 1.54) is 25.2 Å². The highest BCUT2D eigenvalue weighted by atomic mass is 16.5. The lowest BCUT2D eigenvalue weighted by Gasteiger charge is -2.18. The molecule has 0 unspecified atom stereocenters. The van der Waals surface area contributed by atoms with Crippen LogP contribution in [0.2, 0.25) is 0 Å². The molecule has 2 N–H and O–H groups in total. The summed E-state index contributed by atoms with van der Waals surface area (Å²) in [5, 5.41) is 4.39. The van der Waals surface area contributed by atoms with Crippen molar-refractivity contribution in [1.82, 2.24) is 15.5 Å². The standard InChI is InChI=1S/C12H19N3O6/c1-4-5-13-12(19)14-9(16)6-15(7-10(17)20-2)8-11(18)21-3/h4H,1,5-8H2,2-3H3,(H2,13,14,16,19). The summed E-state index contributed by atoms with van der Waals surface area (Å²) in [5.74, 6) is -1.92. The number of carbonyl (C=O) groups is 4. The SMILES string of the molecule is C=CCNC(=O)NC(=O)CN(CC(=O)OC)CC(=O)OC. The molecule has 118 valence electrons. The minimum Gasteiger partial charge on any atom is -0.468 e. The molecule has 0 aromatic heterocycles. The third-order valence-corrected chi connectivity index (χ3v) is 2.19. The molecule has 0 heterocycles. The van der Waals surface area contributed by atoms with E-state index in [9.17, 15) is 19.2 Å². The van der Waals surface area contributed by atoms with E-state index in [2.05, 4.69) is 21.4 Å². The Morgan fingerprint density at radius 1 is 1.05 bits per heavy atom. The summed E-state index contributed by atoms with van der Waals surface area (Å²) in [6.45, 7) is 2.70. The first-order valence-electron chi connectivity index (χ1n) is 5.97. The minimum atomic E-state index is -0.698. The Bertz CT molecular complexity index is 392. The molecule has 3 amide bonds. The van der Waals surface area contributed by atoms with Crippen molar-refractivity contribution in [1.29, 1.82) is 0 Å². The van der Waals surface area contributed by atoms with Gasteiger partial charge in [-0.25, -0.2) is 4.79 Å². The molecule has 0 aromatic rings. The van der Waals surface area contributed by atoms with Crippen LogP contribution in [-0.4, -0.2) is 69.2 Å². The van der Waals surface area contributed by atoms with Crippen LogP contribution in [0.3, 0.4) is 0 Å². The van der Waals surface area contributed by atoms with Gasteiger partial charge in [0.15, 0.2) is 0 Å². The van der Waals surface area contributed by atoms with Gasteiger partial charge in [-0.15, -0.1) is 6.58 Å². The van der Waals surface area contributed by atoms with Gasteiger partial charge < -0.3 is 14.8 Å². The Labute approximate surface area is 122 Å². The summed E-state index contributed by atoms with van der Waals surface area (Å²) < 4.78 is 8.91. The number of nitrogens with one attached hydrogen (secondary N) is 2. The maximum absolute atomic E-state index is 11.6. The van der Waals surface area contributed by atoms with Crippen molar-refractivity contribution in [2.45, 2.75) is 0 Å². The molecule has 9 nitrogen and oxygen atoms in total. The number of hydrogen-bond donors (Lipinski definition) is 2. The van der Waals surface area contributed by atoms with Gasteiger partial charge >= 0.3 is 18.0 Å². The van der Waals surface area contributed by atoms with E-state index in [1.54, 1.807) is 0 Å². The van der Waals surface area contributed by atoms with E-state index in [0.717, 1.165) is 0 Å². The molecular weight excluding hydrogens is 282 g/mol. The normalized spacial score (nSPS) is 9.67. The highest BCUT2D eigenvalue weighted by Gasteiger charge is 2.19. The number of hydrogen-bond acceptors (Lipinski definition) is 7. The van der Waals surface area contributed by atoms with Crippen molar-refractivity contribution >= 4 is 23.9 Å². The topological polar surface area (TPSA) is 114 Å². The predicted molar refractivity (Wildman–Crippen MR) is 72.2 cm³/mol. The first-order valence-corrected chi connectivity index (χ1v) is 5.97. The van der Waals surface area contributed by atoms with Crippen LogP contribution in [0.15, 0.2) is 12.7 Å². The van der Waals surface area contributed by atoms with Crippen LogP contribution in [-0.2, 0) is 23.9 Å². The van der Waals surface area contributed by atoms with Gasteiger partial charge in [-0.3, -0.25) is 24.6 Å². The van der Waals surface area contributed by atoms with Crippen LogP contribution in [0.5, 0.6) is 0 Å². The third-order valence-electron chi connectivity index (χ3n) is 2.19. The monoisotopic (exact) mass is 301 g/mol. The molecule has 0 radical (unpaired) electrons. The predicted octanol–water partition coefficient (Wildman–Crippen LogP) is -1.35. The number of esters is 2. The van der Waals surface area contributed by atoms with Crippen molar-refractivity contribution < 1.29 is 28.7 Å². The highest BCUT2D eigenvalue weighted by Crippen LogP contribution is 1.92. The fourth-order valence-electron chi connectivity index (χ4n) is 1.24. The van der Waals surface area contributed by atoms with Crippen molar-refractivity contribution in [2.75, 3.05) is 40.4 Å². The van der Waals surface area contributed by atoms with Gasteiger partial charge in [-0.2, -0.15) is 0 Å². The Hall–Kier alpha value is -2.42. The second-order valence-corrected chi connectivity index (χ2v) is 3.84. The van der Waals surface area contributed by atoms with E-state index in [1.807, 2.05) is 5.32 Å². The number of nitrogens with zero attached hydrogens (tertiary/aromatic N) is 1. The van der Waals surface area contributed by atoms with Crippen LogP contribution in [0.1, 0.15) is 0 Å². The van der Waals surface area contributed by atoms with E-state index >= 15 is 0 Å². The lowest BCUT2D eigenvalue weighted by molar-refractivity contribution is -0.145. The Balaban J connectivity index is 4.45. The van der Waals surface area contributed by atoms with Gasteiger partial charge in [-0.1, -0.05) is 6.08 Å². The summed E-state index contributed by atoms with van der Waals surface area (Å²) >= 11 is 0. The fourth-order valence-corrected chi connectivity index (χ4v) is 1.24. The largest absolute Gasteiger partial charge is 0.468 e. The molecule has 0 rings (SSSR count). The zero-order valence-electron chi connectivity index (χ0n) is 12.0. The van der Waals surface area contributed by atoms with Gasteiger partial charge in [-0.05, 0) is 0 Å². The maximum atomic E-state index is 11.6. The number of rotatable bonds is 8. The average Bonchev–Trinajstić information content (AvgIpc) is 2.44. The van der Waals surface area contributed by atoms with Gasteiger partial charge in [0.2, 0.25) is 5.91 Å². The summed E-state index contributed by atoms with van der Waals surface area (Å²) in [5.41, 5.74) is 0. The number of amides is 3. The van der Waals surface area contributed by atoms with Crippen LogP contribution < -0.4 is 10.6 Å². The maximum Gasteiger partial charge on any atom is 0.321 e. The van der Waals surface area contributed by atoms with Gasteiger partial charge in [0.25, 0.3) is 0 Å². The molecular formula is C12H19N3O6. The second kappa shape index (κ2) is 10.4. The molecule has 0 aliphatic rings. The van der Waals surface area contributed by atoms with Crippen LogP contribution in [0, 0.1) is 0 Å². The molecule has 0 spiro atoms. The van der Waals surface area contributed by atoms with Crippen LogP contribution in [0.25, 0.3) is 0 Å². The molecule has 0 aliphatic carbocycles. The first kappa shape index (κ1) is 18.6. The number of urea groups is 1. The van der Waals surface area contributed by atoms with Gasteiger partial charge in [0.05, 0.1) is 33.9 Å². The number of ether oxygens (including phenoxy) is 2. The average molecular weight is 301 g/mol. The summed E-state index contributed by atoms with van der Waals surface area (Å²) in [4.78, 5) is 46.5. The van der Waals surface area contributed by atoms with E-state index in [0.29, 0.717) is 0 Å². The first-order chi connectivity index (χ1) is 9.92. The van der Waals surface area contributed by atoms with Crippen molar-refractivity contribution in [3.05, 3.63) is 12.7 Å². The Morgan fingerprint density at radius 3 is 2.00 bits per heavy atom. The molecule has 0 bridgehead atoms. The van der Waals surface area contributed by atoms with E-state index < -0.39 is 23.9 Å². The van der Waals surface area contributed by atoms with Gasteiger partial charge in [0, 0.05) is 6.54 Å². The van der Waals surface area contributed by atoms with Crippen LogP contribution >= 0.6 is 0 Å². The molecule has 9 heteroatoms.